The third-order valence-electron chi connectivity index (χ3n) is 2.51. The number of hydrogen-bond donors (Lipinski definition) is 0. The molecule has 0 heterocycles. The van der Waals surface area contributed by atoms with Crippen LogP contribution in [0.15, 0.2) is 24.3 Å². The van der Waals surface area contributed by atoms with E-state index < -0.39 is 0 Å². The van der Waals surface area contributed by atoms with Crippen molar-refractivity contribution in [2.75, 3.05) is 18.5 Å². The molecule has 1 aromatic rings. The van der Waals surface area contributed by atoms with Crippen molar-refractivity contribution in [2.24, 2.45) is 5.92 Å². The zero-order valence-electron chi connectivity index (χ0n) is 9.73. The zero-order valence-corrected chi connectivity index (χ0v) is 9.73. The number of benzene rings is 1. The van der Waals surface area contributed by atoms with Gasteiger partial charge in [0.2, 0.25) is 0 Å². The monoisotopic (exact) mass is 205 g/mol. The molecule has 0 aromatic heterocycles. The summed E-state index contributed by atoms with van der Waals surface area (Å²) in [6.07, 6.45) is 2.06. The number of aldehydes is 1. The predicted molar refractivity (Wildman–Crippen MR) is 64.6 cm³/mol. The van der Waals surface area contributed by atoms with E-state index in [-0.39, 0.29) is 0 Å². The first-order valence-corrected chi connectivity index (χ1v) is 5.40. The molecule has 0 amide bonds. The van der Waals surface area contributed by atoms with Crippen LogP contribution in [0.5, 0.6) is 0 Å². The fourth-order valence-corrected chi connectivity index (χ4v) is 1.39. The number of rotatable bonds is 5. The van der Waals surface area contributed by atoms with E-state index in [4.69, 9.17) is 0 Å². The van der Waals surface area contributed by atoms with Gasteiger partial charge >= 0.3 is 0 Å². The first-order chi connectivity index (χ1) is 7.13. The fourth-order valence-electron chi connectivity index (χ4n) is 1.39. The molecule has 0 spiro atoms. The van der Waals surface area contributed by atoms with Crippen molar-refractivity contribution in [3.8, 4) is 0 Å². The first-order valence-electron chi connectivity index (χ1n) is 5.40. The third-order valence-corrected chi connectivity index (χ3v) is 2.51. The highest BCUT2D eigenvalue weighted by molar-refractivity contribution is 5.75. The lowest BCUT2D eigenvalue weighted by Crippen LogP contribution is -2.19. The fraction of sp³-hybridized carbons (Fsp3) is 0.462. The summed E-state index contributed by atoms with van der Waals surface area (Å²) in [7, 11) is 2.08. The van der Waals surface area contributed by atoms with Crippen LogP contribution in [0.4, 0.5) is 5.69 Å². The summed E-state index contributed by atoms with van der Waals surface area (Å²) in [6, 6.07) is 7.69. The van der Waals surface area contributed by atoms with Crippen LogP contribution in [0.3, 0.4) is 0 Å². The van der Waals surface area contributed by atoms with Crippen molar-refractivity contribution in [3.05, 3.63) is 29.8 Å². The quantitative estimate of drug-likeness (QED) is 0.689. The van der Waals surface area contributed by atoms with Crippen LogP contribution >= 0.6 is 0 Å². The number of anilines is 1. The number of carbonyl (C=O) groups excluding carboxylic acids is 1. The highest BCUT2D eigenvalue weighted by Gasteiger charge is 2.01. The Morgan fingerprint density at radius 2 is 1.87 bits per heavy atom. The smallest absolute Gasteiger partial charge is 0.150 e. The Kier molecular flexibility index (Phi) is 4.35. The molecule has 2 nitrogen and oxygen atoms in total. The summed E-state index contributed by atoms with van der Waals surface area (Å²) in [5.41, 5.74) is 1.90. The van der Waals surface area contributed by atoms with E-state index in [1.807, 2.05) is 24.3 Å². The molecular weight excluding hydrogens is 186 g/mol. The minimum Gasteiger partial charge on any atom is -0.375 e. The van der Waals surface area contributed by atoms with Gasteiger partial charge in [-0.05, 0) is 36.6 Å². The minimum absolute atomic E-state index is 0.724. The zero-order chi connectivity index (χ0) is 11.3. The Hall–Kier alpha value is -1.31. The molecular formula is C13H19NO. The Morgan fingerprint density at radius 3 is 2.33 bits per heavy atom. The van der Waals surface area contributed by atoms with Crippen molar-refractivity contribution in [3.63, 3.8) is 0 Å². The van der Waals surface area contributed by atoms with E-state index in [1.165, 1.54) is 12.1 Å². The van der Waals surface area contributed by atoms with Gasteiger partial charge < -0.3 is 4.90 Å². The molecule has 0 N–H and O–H groups in total. The summed E-state index contributed by atoms with van der Waals surface area (Å²) in [5, 5.41) is 0. The van der Waals surface area contributed by atoms with E-state index in [1.54, 1.807) is 0 Å². The van der Waals surface area contributed by atoms with E-state index in [2.05, 4.69) is 25.8 Å². The summed E-state index contributed by atoms with van der Waals surface area (Å²) in [6.45, 7) is 5.50. The van der Waals surface area contributed by atoms with E-state index in [0.717, 1.165) is 24.3 Å². The summed E-state index contributed by atoms with van der Waals surface area (Å²) in [4.78, 5) is 12.7. The molecule has 0 bridgehead atoms. The molecule has 0 aliphatic heterocycles. The molecule has 0 radical (unpaired) electrons. The SMILES string of the molecule is CC(C)CCN(C)c1ccc(C=O)cc1. The summed E-state index contributed by atoms with van der Waals surface area (Å²) < 4.78 is 0. The molecule has 82 valence electrons. The average Bonchev–Trinajstić information content (AvgIpc) is 2.26. The average molecular weight is 205 g/mol. The lowest BCUT2D eigenvalue weighted by atomic mass is 10.1. The Morgan fingerprint density at radius 1 is 1.27 bits per heavy atom. The largest absolute Gasteiger partial charge is 0.375 e. The van der Waals surface area contributed by atoms with Gasteiger partial charge in [0.15, 0.2) is 0 Å². The van der Waals surface area contributed by atoms with Crippen molar-refractivity contribution >= 4 is 12.0 Å². The standard InChI is InChI=1S/C13H19NO/c1-11(2)8-9-14(3)13-6-4-12(10-15)5-7-13/h4-7,10-11H,8-9H2,1-3H3. The number of hydrogen-bond acceptors (Lipinski definition) is 2. The van der Waals surface area contributed by atoms with Gasteiger partial charge in [0.25, 0.3) is 0 Å². The van der Waals surface area contributed by atoms with Gasteiger partial charge in [-0.2, -0.15) is 0 Å². The van der Waals surface area contributed by atoms with Crippen LogP contribution in [0, 0.1) is 5.92 Å². The molecule has 0 fully saturated rings. The highest BCUT2D eigenvalue weighted by Crippen LogP contribution is 2.14. The normalized spacial score (nSPS) is 10.4. The highest BCUT2D eigenvalue weighted by atomic mass is 16.1. The number of carbonyl (C=O) groups is 1. The van der Waals surface area contributed by atoms with Crippen molar-refractivity contribution < 1.29 is 4.79 Å². The lowest BCUT2D eigenvalue weighted by molar-refractivity contribution is 0.112. The molecule has 0 unspecified atom stereocenters. The molecule has 0 aliphatic carbocycles. The molecule has 0 saturated heterocycles. The van der Waals surface area contributed by atoms with Crippen LogP contribution in [0.25, 0.3) is 0 Å². The van der Waals surface area contributed by atoms with Crippen LogP contribution in [-0.2, 0) is 0 Å². The number of nitrogens with zero attached hydrogens (tertiary/aromatic N) is 1. The van der Waals surface area contributed by atoms with Crippen molar-refractivity contribution in [2.45, 2.75) is 20.3 Å². The maximum absolute atomic E-state index is 10.5. The Bertz CT molecular complexity index is 303. The van der Waals surface area contributed by atoms with Crippen LogP contribution in [-0.4, -0.2) is 19.9 Å². The Balaban J connectivity index is 2.57. The van der Waals surface area contributed by atoms with Gasteiger partial charge in [0, 0.05) is 24.8 Å². The second-order valence-corrected chi connectivity index (χ2v) is 4.31. The molecule has 0 aliphatic rings. The van der Waals surface area contributed by atoms with Crippen LogP contribution in [0.2, 0.25) is 0 Å². The summed E-state index contributed by atoms with van der Waals surface area (Å²) >= 11 is 0. The van der Waals surface area contributed by atoms with E-state index in [0.29, 0.717) is 0 Å². The Labute approximate surface area is 91.9 Å². The lowest BCUT2D eigenvalue weighted by Gasteiger charge is -2.20. The van der Waals surface area contributed by atoms with Crippen molar-refractivity contribution in [1.29, 1.82) is 0 Å². The van der Waals surface area contributed by atoms with Crippen molar-refractivity contribution in [1.82, 2.24) is 0 Å². The second kappa shape index (κ2) is 5.54. The van der Waals surface area contributed by atoms with Crippen LogP contribution < -0.4 is 4.90 Å². The van der Waals surface area contributed by atoms with Gasteiger partial charge in [-0.1, -0.05) is 13.8 Å². The predicted octanol–water partition coefficient (Wildman–Crippen LogP) is 2.98. The second-order valence-electron chi connectivity index (χ2n) is 4.31. The van der Waals surface area contributed by atoms with Crippen LogP contribution in [0.1, 0.15) is 30.6 Å². The maximum Gasteiger partial charge on any atom is 0.150 e. The molecule has 0 atom stereocenters. The van der Waals surface area contributed by atoms with Gasteiger partial charge in [-0.15, -0.1) is 0 Å². The molecule has 15 heavy (non-hydrogen) atoms. The minimum atomic E-state index is 0.724. The summed E-state index contributed by atoms with van der Waals surface area (Å²) in [5.74, 6) is 0.724. The van der Waals surface area contributed by atoms with Gasteiger partial charge in [-0.25, -0.2) is 0 Å². The molecule has 0 saturated carbocycles. The van der Waals surface area contributed by atoms with Gasteiger partial charge in [0.05, 0.1) is 0 Å². The van der Waals surface area contributed by atoms with Gasteiger partial charge in [-0.3, -0.25) is 4.79 Å². The maximum atomic E-state index is 10.5. The molecule has 1 aromatic carbocycles. The van der Waals surface area contributed by atoms with Gasteiger partial charge in [0.1, 0.15) is 6.29 Å². The van der Waals surface area contributed by atoms with E-state index >= 15 is 0 Å². The molecule has 2 heteroatoms. The van der Waals surface area contributed by atoms with E-state index in [9.17, 15) is 4.79 Å². The third kappa shape index (κ3) is 3.74. The first kappa shape index (κ1) is 11.8. The topological polar surface area (TPSA) is 20.3 Å². The molecule has 1 rings (SSSR count).